The van der Waals surface area contributed by atoms with Crippen LogP contribution in [0.2, 0.25) is 0 Å². The molecule has 3 aromatic rings. The van der Waals surface area contributed by atoms with Gasteiger partial charge in [-0.1, -0.05) is 31.4 Å². The maximum atomic E-state index is 13.8. The van der Waals surface area contributed by atoms with Crippen LogP contribution in [0.3, 0.4) is 0 Å². The molecular weight excluding hydrogens is 493 g/mol. The second-order valence-corrected chi connectivity index (χ2v) is 10.4. The third-order valence-corrected chi connectivity index (χ3v) is 7.86. The zero-order valence-electron chi connectivity index (χ0n) is 20.8. The Bertz CT molecular complexity index is 1240. The van der Waals surface area contributed by atoms with Crippen LogP contribution >= 0.6 is 11.3 Å². The normalized spacial score (nSPS) is 13.8. The summed E-state index contributed by atoms with van der Waals surface area (Å²) in [6, 6.07) is 13.5. The van der Waals surface area contributed by atoms with E-state index in [-0.39, 0.29) is 35.9 Å². The lowest BCUT2D eigenvalue weighted by molar-refractivity contribution is -0.384. The van der Waals surface area contributed by atoms with Gasteiger partial charge in [-0.3, -0.25) is 19.7 Å². The Morgan fingerprint density at radius 1 is 1.00 bits per heavy atom. The third-order valence-electron chi connectivity index (χ3n) is 6.85. The Morgan fingerprint density at radius 3 is 2.27 bits per heavy atom. The van der Waals surface area contributed by atoms with E-state index in [9.17, 15) is 24.1 Å². The van der Waals surface area contributed by atoms with Crippen LogP contribution in [0.1, 0.15) is 58.5 Å². The molecule has 1 aromatic heterocycles. The zero-order valence-corrected chi connectivity index (χ0v) is 21.6. The molecule has 1 fully saturated rings. The van der Waals surface area contributed by atoms with Crippen molar-refractivity contribution in [3.8, 4) is 0 Å². The molecule has 1 heterocycles. The van der Waals surface area contributed by atoms with Gasteiger partial charge in [0, 0.05) is 35.2 Å². The number of aryl methyl sites for hydroxylation is 1. The third kappa shape index (κ3) is 6.80. The van der Waals surface area contributed by atoms with Gasteiger partial charge in [0.25, 0.3) is 11.6 Å². The van der Waals surface area contributed by atoms with E-state index in [1.807, 2.05) is 18.4 Å². The zero-order chi connectivity index (χ0) is 26.4. The van der Waals surface area contributed by atoms with Crippen molar-refractivity contribution in [3.05, 3.63) is 97.5 Å². The SMILES string of the molecule is Cc1ccsc1CN(Cc1ccc(F)cc1)C(=O)CN(C(=O)c1ccc([N+](=O)[O-])cc1)C1CCCCC1. The first kappa shape index (κ1) is 26.5. The Hall–Kier alpha value is -3.59. The highest BCUT2D eigenvalue weighted by Crippen LogP contribution is 2.26. The molecule has 0 unspecified atom stereocenters. The van der Waals surface area contributed by atoms with Crippen LogP contribution < -0.4 is 0 Å². The second-order valence-electron chi connectivity index (χ2n) is 9.43. The van der Waals surface area contributed by atoms with E-state index < -0.39 is 4.92 Å². The Balaban J connectivity index is 1.59. The summed E-state index contributed by atoms with van der Waals surface area (Å²) in [7, 11) is 0. The van der Waals surface area contributed by atoms with Crippen molar-refractivity contribution in [3.63, 3.8) is 0 Å². The quantitative estimate of drug-likeness (QED) is 0.250. The van der Waals surface area contributed by atoms with Gasteiger partial charge in [-0.15, -0.1) is 11.3 Å². The predicted molar refractivity (Wildman–Crippen MR) is 141 cm³/mol. The maximum absolute atomic E-state index is 13.8. The first-order valence-corrected chi connectivity index (χ1v) is 13.3. The van der Waals surface area contributed by atoms with Crippen molar-refractivity contribution < 1.29 is 18.9 Å². The molecule has 194 valence electrons. The molecule has 0 saturated heterocycles. The molecule has 1 saturated carbocycles. The number of thiophene rings is 1. The van der Waals surface area contributed by atoms with E-state index in [4.69, 9.17) is 0 Å². The molecule has 4 rings (SSSR count). The number of nitro benzene ring substituents is 1. The fourth-order valence-corrected chi connectivity index (χ4v) is 5.60. The second kappa shape index (κ2) is 12.1. The van der Waals surface area contributed by atoms with E-state index in [1.54, 1.807) is 33.3 Å². The number of hydrogen-bond donors (Lipinski definition) is 0. The van der Waals surface area contributed by atoms with E-state index >= 15 is 0 Å². The van der Waals surface area contributed by atoms with Crippen molar-refractivity contribution >= 4 is 28.8 Å². The number of nitro groups is 1. The Morgan fingerprint density at radius 2 is 1.68 bits per heavy atom. The van der Waals surface area contributed by atoms with E-state index in [2.05, 4.69) is 0 Å². The van der Waals surface area contributed by atoms with E-state index in [0.717, 1.165) is 48.1 Å². The van der Waals surface area contributed by atoms with Crippen molar-refractivity contribution in [1.29, 1.82) is 0 Å². The number of hydrogen-bond acceptors (Lipinski definition) is 5. The molecule has 1 aliphatic rings. The molecule has 2 aromatic carbocycles. The van der Waals surface area contributed by atoms with Crippen LogP contribution in [0, 0.1) is 22.9 Å². The van der Waals surface area contributed by atoms with E-state index in [0.29, 0.717) is 18.7 Å². The van der Waals surface area contributed by atoms with Crippen LogP contribution in [-0.2, 0) is 17.9 Å². The summed E-state index contributed by atoms with van der Waals surface area (Å²) in [6.45, 7) is 2.59. The van der Waals surface area contributed by atoms with Crippen LogP contribution in [0.15, 0.2) is 60.0 Å². The minimum absolute atomic E-state index is 0.0727. The number of halogens is 1. The molecule has 37 heavy (non-hydrogen) atoms. The highest BCUT2D eigenvalue weighted by Gasteiger charge is 2.30. The summed E-state index contributed by atoms with van der Waals surface area (Å²) in [5, 5.41) is 13.0. The molecule has 0 radical (unpaired) electrons. The van der Waals surface area contributed by atoms with Crippen LogP contribution in [0.4, 0.5) is 10.1 Å². The predicted octanol–water partition coefficient (Wildman–Crippen LogP) is 6.11. The smallest absolute Gasteiger partial charge is 0.269 e. The number of non-ortho nitro benzene ring substituents is 1. The van der Waals surface area contributed by atoms with Crippen molar-refractivity contribution in [2.75, 3.05) is 6.54 Å². The lowest BCUT2D eigenvalue weighted by atomic mass is 9.93. The molecule has 0 atom stereocenters. The molecule has 0 N–H and O–H groups in total. The highest BCUT2D eigenvalue weighted by atomic mass is 32.1. The van der Waals surface area contributed by atoms with Crippen molar-refractivity contribution in [1.82, 2.24) is 9.80 Å². The number of nitrogens with zero attached hydrogens (tertiary/aromatic N) is 3. The molecule has 0 bridgehead atoms. The molecule has 7 nitrogen and oxygen atoms in total. The minimum Gasteiger partial charge on any atom is -0.332 e. The largest absolute Gasteiger partial charge is 0.332 e. The van der Waals surface area contributed by atoms with Gasteiger partial charge < -0.3 is 9.80 Å². The number of benzene rings is 2. The molecular formula is C28H30FN3O4S. The topological polar surface area (TPSA) is 83.8 Å². The lowest BCUT2D eigenvalue weighted by Gasteiger charge is -2.35. The van der Waals surface area contributed by atoms with Gasteiger partial charge in [0.05, 0.1) is 11.5 Å². The van der Waals surface area contributed by atoms with Crippen LogP contribution in [0.5, 0.6) is 0 Å². The first-order valence-electron chi connectivity index (χ1n) is 12.4. The molecule has 9 heteroatoms. The van der Waals surface area contributed by atoms with Gasteiger partial charge >= 0.3 is 0 Å². The fourth-order valence-electron chi connectivity index (χ4n) is 4.68. The summed E-state index contributed by atoms with van der Waals surface area (Å²) in [5.41, 5.74) is 2.12. The average Bonchev–Trinajstić information content (AvgIpc) is 3.32. The number of carbonyl (C=O) groups is 2. The molecule has 0 spiro atoms. The van der Waals surface area contributed by atoms with E-state index in [1.165, 1.54) is 36.4 Å². The van der Waals surface area contributed by atoms with Gasteiger partial charge in [-0.25, -0.2) is 4.39 Å². The number of rotatable bonds is 9. The van der Waals surface area contributed by atoms with Crippen molar-refractivity contribution in [2.45, 2.75) is 58.2 Å². The maximum Gasteiger partial charge on any atom is 0.269 e. The van der Waals surface area contributed by atoms with Gasteiger partial charge in [0.1, 0.15) is 12.4 Å². The highest BCUT2D eigenvalue weighted by molar-refractivity contribution is 7.10. The monoisotopic (exact) mass is 523 g/mol. The first-order chi connectivity index (χ1) is 17.8. The van der Waals surface area contributed by atoms with Crippen molar-refractivity contribution in [2.24, 2.45) is 0 Å². The fraction of sp³-hybridized carbons (Fsp3) is 0.357. The molecule has 2 amide bonds. The molecule has 1 aliphatic carbocycles. The van der Waals surface area contributed by atoms with Gasteiger partial charge in [0.2, 0.25) is 5.91 Å². The van der Waals surface area contributed by atoms with Gasteiger partial charge in [-0.2, -0.15) is 0 Å². The average molecular weight is 524 g/mol. The standard InChI is InChI=1S/C28H30FN3O4S/c1-20-15-16-37-26(20)18-30(17-21-7-11-23(29)12-8-21)27(33)19-31(24-5-3-2-4-6-24)28(34)22-9-13-25(14-10-22)32(35)36/h7-16,24H,2-6,17-19H2,1H3. The van der Waals surface area contributed by atoms with Crippen LogP contribution in [0.25, 0.3) is 0 Å². The summed E-state index contributed by atoms with van der Waals surface area (Å²) < 4.78 is 13.5. The summed E-state index contributed by atoms with van der Waals surface area (Å²) >= 11 is 1.57. The van der Waals surface area contributed by atoms with Crippen LogP contribution in [-0.4, -0.2) is 39.1 Å². The number of carbonyl (C=O) groups excluding carboxylic acids is 2. The Labute approximate surface area is 219 Å². The summed E-state index contributed by atoms with van der Waals surface area (Å²) in [5.74, 6) is -0.838. The summed E-state index contributed by atoms with van der Waals surface area (Å²) in [4.78, 5) is 42.3. The number of amides is 2. The summed E-state index contributed by atoms with van der Waals surface area (Å²) in [6.07, 6.45) is 4.69. The Kier molecular flexibility index (Phi) is 8.66. The lowest BCUT2D eigenvalue weighted by Crippen LogP contribution is -2.48. The minimum atomic E-state index is -0.503. The van der Waals surface area contributed by atoms with Gasteiger partial charge in [-0.05, 0) is 66.6 Å². The molecule has 0 aliphatic heterocycles. The van der Waals surface area contributed by atoms with Gasteiger partial charge in [0.15, 0.2) is 0 Å².